The molecule has 0 saturated heterocycles. The minimum Gasteiger partial charge on any atom is -0.494 e. The fourth-order valence-electron chi connectivity index (χ4n) is 2.14. The number of nitrogens with zero attached hydrogens (tertiary/aromatic N) is 2. The van der Waals surface area contributed by atoms with Gasteiger partial charge in [-0.25, -0.2) is 4.98 Å². The molecule has 1 aromatic heterocycles. The van der Waals surface area contributed by atoms with Gasteiger partial charge in [-0.05, 0) is 44.5 Å². The van der Waals surface area contributed by atoms with E-state index in [1.54, 1.807) is 0 Å². The lowest BCUT2D eigenvalue weighted by Crippen LogP contribution is -2.10. The van der Waals surface area contributed by atoms with Gasteiger partial charge in [-0.15, -0.1) is 0 Å². The van der Waals surface area contributed by atoms with Gasteiger partial charge in [-0.2, -0.15) is 0 Å². The topological polar surface area (TPSA) is 53.1 Å². The molecule has 2 aromatic rings. The number of benzene rings is 1. The van der Waals surface area contributed by atoms with E-state index in [0.29, 0.717) is 13.2 Å². The van der Waals surface area contributed by atoms with Crippen LogP contribution in [0.1, 0.15) is 18.3 Å². The molecule has 0 bridgehead atoms. The third-order valence-corrected chi connectivity index (χ3v) is 3.12. The first kappa shape index (κ1) is 13.6. The van der Waals surface area contributed by atoms with Crippen molar-refractivity contribution >= 4 is 0 Å². The van der Waals surface area contributed by atoms with Gasteiger partial charge in [0.2, 0.25) is 0 Å². The maximum atomic E-state index is 5.59. The summed E-state index contributed by atoms with van der Waals surface area (Å²) in [6, 6.07) is 6.16. The Morgan fingerprint density at radius 2 is 2.11 bits per heavy atom. The van der Waals surface area contributed by atoms with Crippen LogP contribution < -0.4 is 10.5 Å². The Morgan fingerprint density at radius 3 is 2.74 bits per heavy atom. The lowest BCUT2D eigenvalue weighted by molar-refractivity contribution is 0.338. The summed E-state index contributed by atoms with van der Waals surface area (Å²) in [5.74, 6) is 1.93. The van der Waals surface area contributed by atoms with Gasteiger partial charge in [0, 0.05) is 24.8 Å². The Kier molecular flexibility index (Phi) is 4.22. The zero-order chi connectivity index (χ0) is 13.8. The smallest absolute Gasteiger partial charge is 0.122 e. The fourth-order valence-corrected chi connectivity index (χ4v) is 2.14. The van der Waals surface area contributed by atoms with Crippen LogP contribution in [0.2, 0.25) is 0 Å². The van der Waals surface area contributed by atoms with Gasteiger partial charge in [-0.1, -0.05) is 0 Å². The quantitative estimate of drug-likeness (QED) is 0.897. The monoisotopic (exact) mass is 259 g/mol. The first-order valence-corrected chi connectivity index (χ1v) is 6.63. The fraction of sp³-hybridized carbons (Fsp3) is 0.400. The normalized spacial score (nSPS) is 10.7. The first-order valence-electron chi connectivity index (χ1n) is 6.63. The van der Waals surface area contributed by atoms with Crippen molar-refractivity contribution in [2.24, 2.45) is 5.73 Å². The Labute approximate surface area is 114 Å². The summed E-state index contributed by atoms with van der Waals surface area (Å²) in [6.45, 7) is 8.15. The summed E-state index contributed by atoms with van der Waals surface area (Å²) in [6.07, 6.45) is 2.05. The molecule has 0 fully saturated rings. The molecule has 1 heterocycles. The third-order valence-electron chi connectivity index (χ3n) is 3.12. The van der Waals surface area contributed by atoms with Crippen LogP contribution in [-0.4, -0.2) is 22.7 Å². The molecule has 0 radical (unpaired) electrons. The third kappa shape index (κ3) is 2.96. The maximum Gasteiger partial charge on any atom is 0.122 e. The van der Waals surface area contributed by atoms with E-state index in [1.165, 1.54) is 0 Å². The molecule has 0 saturated carbocycles. The van der Waals surface area contributed by atoms with E-state index in [0.717, 1.165) is 34.9 Å². The van der Waals surface area contributed by atoms with Crippen molar-refractivity contribution in [3.63, 3.8) is 0 Å². The molecule has 4 heteroatoms. The van der Waals surface area contributed by atoms with Crippen molar-refractivity contribution in [1.82, 2.24) is 9.55 Å². The minimum atomic E-state index is 0.624. The Bertz CT molecular complexity index is 561. The highest BCUT2D eigenvalue weighted by atomic mass is 16.5. The molecular weight excluding hydrogens is 238 g/mol. The minimum absolute atomic E-state index is 0.624. The van der Waals surface area contributed by atoms with Crippen LogP contribution in [0.4, 0.5) is 0 Å². The van der Waals surface area contributed by atoms with Gasteiger partial charge < -0.3 is 15.0 Å². The maximum absolute atomic E-state index is 5.59. The highest BCUT2D eigenvalue weighted by molar-refractivity contribution is 5.61. The molecule has 0 atom stereocenters. The Morgan fingerprint density at radius 1 is 1.32 bits per heavy atom. The van der Waals surface area contributed by atoms with Crippen molar-refractivity contribution in [1.29, 1.82) is 0 Å². The average molecular weight is 259 g/mol. The van der Waals surface area contributed by atoms with E-state index in [1.807, 2.05) is 26.0 Å². The summed E-state index contributed by atoms with van der Waals surface area (Å²) in [7, 11) is 0. The number of aryl methyl sites for hydroxylation is 2. The molecule has 4 nitrogen and oxygen atoms in total. The van der Waals surface area contributed by atoms with E-state index in [-0.39, 0.29) is 0 Å². The summed E-state index contributed by atoms with van der Waals surface area (Å²) < 4.78 is 7.64. The number of aromatic nitrogens is 2. The van der Waals surface area contributed by atoms with E-state index >= 15 is 0 Å². The average Bonchev–Trinajstić information content (AvgIpc) is 2.74. The second-order valence-corrected chi connectivity index (χ2v) is 4.57. The van der Waals surface area contributed by atoms with Crippen LogP contribution in [0.25, 0.3) is 11.3 Å². The summed E-state index contributed by atoms with van der Waals surface area (Å²) in [5.41, 5.74) is 8.81. The van der Waals surface area contributed by atoms with Crippen molar-refractivity contribution in [3.05, 3.63) is 35.8 Å². The number of ether oxygens (including phenoxy) is 1. The number of hydrogen-bond acceptors (Lipinski definition) is 3. The number of hydrogen-bond donors (Lipinski definition) is 1. The standard InChI is InChI=1S/C15H21N3O/c1-4-19-15-6-5-13(9-11(15)2)14-10-18(8-7-16)12(3)17-14/h5-6,9-10H,4,7-8,16H2,1-3H3. The van der Waals surface area contributed by atoms with Crippen molar-refractivity contribution in [2.45, 2.75) is 27.3 Å². The number of rotatable bonds is 5. The predicted molar refractivity (Wildman–Crippen MR) is 77.4 cm³/mol. The van der Waals surface area contributed by atoms with Crippen molar-refractivity contribution in [2.75, 3.05) is 13.2 Å². The number of nitrogens with two attached hydrogens (primary N) is 1. The Balaban J connectivity index is 2.31. The largest absolute Gasteiger partial charge is 0.494 e. The molecule has 2 N–H and O–H groups in total. The van der Waals surface area contributed by atoms with Crippen LogP contribution in [0.3, 0.4) is 0 Å². The van der Waals surface area contributed by atoms with E-state index in [4.69, 9.17) is 10.5 Å². The molecule has 19 heavy (non-hydrogen) atoms. The summed E-state index contributed by atoms with van der Waals surface area (Å²) >= 11 is 0. The van der Waals surface area contributed by atoms with Gasteiger partial charge in [-0.3, -0.25) is 0 Å². The van der Waals surface area contributed by atoms with E-state index < -0.39 is 0 Å². The summed E-state index contributed by atoms with van der Waals surface area (Å²) in [5, 5.41) is 0. The highest BCUT2D eigenvalue weighted by Crippen LogP contribution is 2.25. The first-order chi connectivity index (χ1) is 9.15. The molecule has 2 rings (SSSR count). The molecule has 0 unspecified atom stereocenters. The molecule has 0 aliphatic heterocycles. The van der Waals surface area contributed by atoms with Gasteiger partial charge >= 0.3 is 0 Å². The van der Waals surface area contributed by atoms with E-state index in [2.05, 4.69) is 28.7 Å². The second kappa shape index (κ2) is 5.89. The Hall–Kier alpha value is -1.81. The van der Waals surface area contributed by atoms with Crippen LogP contribution in [0.15, 0.2) is 24.4 Å². The molecule has 0 spiro atoms. The highest BCUT2D eigenvalue weighted by Gasteiger charge is 2.08. The van der Waals surface area contributed by atoms with Crippen LogP contribution >= 0.6 is 0 Å². The lowest BCUT2D eigenvalue weighted by atomic mass is 10.1. The zero-order valence-electron chi connectivity index (χ0n) is 11.8. The van der Waals surface area contributed by atoms with Crippen LogP contribution in [0, 0.1) is 13.8 Å². The van der Waals surface area contributed by atoms with Gasteiger partial charge in [0.25, 0.3) is 0 Å². The second-order valence-electron chi connectivity index (χ2n) is 4.57. The predicted octanol–water partition coefficient (Wildman–Crippen LogP) is 2.52. The van der Waals surface area contributed by atoms with Crippen LogP contribution in [0.5, 0.6) is 5.75 Å². The molecular formula is C15H21N3O. The van der Waals surface area contributed by atoms with Gasteiger partial charge in [0.1, 0.15) is 11.6 Å². The molecule has 0 aliphatic carbocycles. The SMILES string of the molecule is CCOc1ccc(-c2cn(CCN)c(C)n2)cc1C. The molecule has 0 aliphatic rings. The zero-order valence-corrected chi connectivity index (χ0v) is 11.8. The lowest BCUT2D eigenvalue weighted by Gasteiger charge is -2.07. The molecule has 0 amide bonds. The van der Waals surface area contributed by atoms with E-state index in [9.17, 15) is 0 Å². The molecule has 1 aromatic carbocycles. The van der Waals surface area contributed by atoms with Crippen molar-refractivity contribution < 1.29 is 4.74 Å². The van der Waals surface area contributed by atoms with Gasteiger partial charge in [0.15, 0.2) is 0 Å². The molecule has 102 valence electrons. The van der Waals surface area contributed by atoms with Crippen molar-refractivity contribution in [3.8, 4) is 17.0 Å². The summed E-state index contributed by atoms with van der Waals surface area (Å²) in [4.78, 5) is 4.58. The van der Waals surface area contributed by atoms with Gasteiger partial charge in [0.05, 0.1) is 12.3 Å². The van der Waals surface area contributed by atoms with Crippen LogP contribution in [-0.2, 0) is 6.54 Å². The number of imidazole rings is 1.